The second kappa shape index (κ2) is 18.7. The fourth-order valence-electron chi connectivity index (χ4n) is 5.58. The summed E-state index contributed by atoms with van der Waals surface area (Å²) in [6.07, 6.45) is 5.73. The Hall–Kier alpha value is -3.95. The summed E-state index contributed by atoms with van der Waals surface area (Å²) in [5, 5.41) is 22.9. The summed E-state index contributed by atoms with van der Waals surface area (Å²) >= 11 is 0. The number of phenols is 1. The zero-order valence-corrected chi connectivity index (χ0v) is 29.8. The van der Waals surface area contributed by atoms with Crippen LogP contribution in [0.4, 0.5) is 5.69 Å². The Balaban J connectivity index is 1.27. The van der Waals surface area contributed by atoms with Crippen LogP contribution >= 0.6 is 8.46 Å². The Morgan fingerprint density at radius 3 is 1.94 bits per heavy atom. The molecule has 0 unspecified atom stereocenters. The van der Waals surface area contributed by atoms with Crippen LogP contribution in [0.15, 0.2) is 103 Å². The molecule has 4 N–H and O–H groups in total. The van der Waals surface area contributed by atoms with E-state index in [4.69, 9.17) is 9.47 Å². The molecule has 0 heterocycles. The number of rotatable bonds is 21. The first-order chi connectivity index (χ1) is 23.5. The lowest BCUT2D eigenvalue weighted by Crippen LogP contribution is -2.37. The van der Waals surface area contributed by atoms with Crippen LogP contribution in [-0.4, -0.2) is 55.5 Å². The quantitative estimate of drug-likeness (QED) is 0.0531. The van der Waals surface area contributed by atoms with Crippen molar-refractivity contribution in [3.8, 4) is 17.2 Å². The number of nitrogens with one attached hydrogen (secondary N) is 2. The van der Waals surface area contributed by atoms with Crippen molar-refractivity contribution in [1.29, 1.82) is 0 Å². The van der Waals surface area contributed by atoms with Crippen molar-refractivity contribution in [3.05, 3.63) is 120 Å². The fraction of sp³-hybridized carbons (Fsp3) is 0.368. The third-order valence-corrected chi connectivity index (χ3v) is 9.56. The summed E-state index contributed by atoms with van der Waals surface area (Å²) < 4.78 is 50.2. The maximum absolute atomic E-state index is 12.8. The van der Waals surface area contributed by atoms with E-state index in [-0.39, 0.29) is 39.1 Å². The minimum Gasteiger partial charge on any atom is -0.506 e. The number of sulfonamides is 1. The maximum atomic E-state index is 12.8. The monoisotopic (exact) mass is 706 g/mol. The summed E-state index contributed by atoms with van der Waals surface area (Å²) in [6, 6.07) is 32.8. The molecule has 0 spiro atoms. The Morgan fingerprint density at radius 2 is 1.39 bits per heavy atom. The predicted molar refractivity (Wildman–Crippen MR) is 195 cm³/mol. The molecular weight excluding hydrogens is 659 g/mol. The lowest BCUT2D eigenvalue weighted by atomic mass is 10.00. The third kappa shape index (κ3) is 13.5. The number of hydrogen-bond acceptors (Lipinski definition) is 8. The Kier molecular flexibility index (Phi) is 14.5. The number of aromatic hydroxyl groups is 1. The first-order valence-corrected chi connectivity index (χ1v) is 19.3. The number of aryl methyl sites for hydroxylation is 2. The van der Waals surface area contributed by atoms with E-state index in [9.17, 15) is 23.2 Å². The molecule has 4 aromatic carbocycles. The van der Waals surface area contributed by atoms with Gasteiger partial charge in [-0.05, 0) is 92.8 Å². The highest BCUT2D eigenvalue weighted by atomic mass is 32.2. The van der Waals surface area contributed by atoms with Crippen molar-refractivity contribution in [2.24, 2.45) is 0 Å². The van der Waals surface area contributed by atoms with Crippen molar-refractivity contribution in [2.45, 2.75) is 69.4 Å². The minimum atomic E-state index is -3.57. The van der Waals surface area contributed by atoms with Crippen LogP contribution in [0.5, 0.6) is 17.2 Å². The van der Waals surface area contributed by atoms with Gasteiger partial charge in [0, 0.05) is 18.7 Å². The van der Waals surface area contributed by atoms with Crippen LogP contribution in [0.25, 0.3) is 0 Å². The van der Waals surface area contributed by atoms with Crippen LogP contribution in [-0.2, 0) is 33.9 Å². The van der Waals surface area contributed by atoms with Crippen molar-refractivity contribution in [3.63, 3.8) is 0 Å². The van der Waals surface area contributed by atoms with Gasteiger partial charge in [0.05, 0.1) is 11.9 Å². The first kappa shape index (κ1) is 37.9. The number of ether oxygens (including phenoxy) is 2. The molecule has 11 heteroatoms. The number of aliphatic hydroxyl groups is 1. The maximum Gasteiger partial charge on any atom is 0.229 e. The molecule has 9 nitrogen and oxygen atoms in total. The van der Waals surface area contributed by atoms with Gasteiger partial charge in [0.15, 0.2) is 5.34 Å². The smallest absolute Gasteiger partial charge is 0.229 e. The first-order valence-electron chi connectivity index (χ1n) is 16.6. The van der Waals surface area contributed by atoms with Gasteiger partial charge in [0.1, 0.15) is 30.0 Å². The van der Waals surface area contributed by atoms with Crippen molar-refractivity contribution >= 4 is 24.2 Å². The van der Waals surface area contributed by atoms with E-state index in [1.165, 1.54) is 29.3 Å². The molecule has 4 aromatic rings. The van der Waals surface area contributed by atoms with E-state index < -0.39 is 21.5 Å². The van der Waals surface area contributed by atoms with Gasteiger partial charge in [-0.3, -0.25) is 9.29 Å². The second-order valence-corrected chi connectivity index (χ2v) is 15.2. The third-order valence-electron chi connectivity index (χ3n) is 8.10. The van der Waals surface area contributed by atoms with Crippen molar-refractivity contribution in [2.75, 3.05) is 24.1 Å². The lowest BCUT2D eigenvalue weighted by molar-refractivity contribution is 0.104. The SMILES string of the molecule is C[C@H](Cc1ccc(OC(CCCc2ccccc2)(CCCc2ccccc2)P=O)cc1)NC[C@H](O)COc1ccc(O)c(NS(C)(=O)=O)c1. The van der Waals surface area contributed by atoms with Crippen LogP contribution in [0, 0.1) is 0 Å². The molecule has 0 aliphatic carbocycles. The Bertz CT molecular complexity index is 1650. The second-order valence-electron chi connectivity index (χ2n) is 12.5. The van der Waals surface area contributed by atoms with Gasteiger partial charge in [-0.2, -0.15) is 0 Å². The van der Waals surface area contributed by atoms with E-state index in [2.05, 4.69) is 34.3 Å². The van der Waals surface area contributed by atoms with E-state index in [0.29, 0.717) is 30.8 Å². The molecule has 2 atom stereocenters. The van der Waals surface area contributed by atoms with Crippen LogP contribution in [0.1, 0.15) is 49.3 Å². The highest BCUT2D eigenvalue weighted by Gasteiger charge is 2.33. The molecule has 0 amide bonds. The molecule has 0 radical (unpaired) electrons. The van der Waals surface area contributed by atoms with E-state index in [1.807, 2.05) is 67.6 Å². The zero-order valence-electron chi connectivity index (χ0n) is 28.1. The average Bonchev–Trinajstić information content (AvgIpc) is 3.09. The number of aliphatic hydroxyl groups excluding tert-OH is 1. The molecule has 4 rings (SSSR count). The average molecular weight is 707 g/mol. The number of hydrogen-bond donors (Lipinski definition) is 4. The van der Waals surface area contributed by atoms with E-state index in [1.54, 1.807) is 0 Å². The standard InChI is InChI=1S/C38H47N2O7PS/c1-29(39-27-33(41)28-46-35-21-22-37(42)36(26-35)40-49(2,44)45)25-32-17-19-34(20-18-32)47-38(48-43,23-9-15-30-11-5-3-6-12-30)24-10-16-31-13-7-4-8-14-31/h3-8,11-14,17-22,26,29,33,39-42H,9-10,15-16,23-25,27-28H2,1-2H3/t29-,33+/m1/s1. The molecule has 49 heavy (non-hydrogen) atoms. The predicted octanol–water partition coefficient (Wildman–Crippen LogP) is 7.14. The van der Waals surface area contributed by atoms with Crippen molar-refractivity contribution in [1.82, 2.24) is 5.32 Å². The number of phenolic OH excluding ortho intramolecular Hbond substituents is 1. The summed E-state index contributed by atoms with van der Waals surface area (Å²) in [4.78, 5) is 0. The minimum absolute atomic E-state index is 0.00192. The van der Waals surface area contributed by atoms with Gasteiger partial charge >= 0.3 is 0 Å². The highest BCUT2D eigenvalue weighted by Crippen LogP contribution is 2.37. The van der Waals surface area contributed by atoms with Crippen molar-refractivity contribution < 1.29 is 32.7 Å². The summed E-state index contributed by atoms with van der Waals surface area (Å²) in [5.74, 6) is 0.769. The van der Waals surface area contributed by atoms with Gasteiger partial charge in [0.2, 0.25) is 18.5 Å². The summed E-state index contributed by atoms with van der Waals surface area (Å²) in [5.41, 5.74) is 3.60. The molecule has 0 aliphatic heterocycles. The van der Waals surface area contributed by atoms with E-state index >= 15 is 0 Å². The molecular formula is C38H47N2O7PS. The molecule has 0 aliphatic rings. The van der Waals surface area contributed by atoms with Gasteiger partial charge in [-0.25, -0.2) is 8.42 Å². The van der Waals surface area contributed by atoms with Crippen LogP contribution in [0.3, 0.4) is 0 Å². The van der Waals surface area contributed by atoms with Gasteiger partial charge in [0.25, 0.3) is 0 Å². The van der Waals surface area contributed by atoms with Crippen LogP contribution < -0.4 is 19.5 Å². The van der Waals surface area contributed by atoms with Crippen LogP contribution in [0.2, 0.25) is 0 Å². The normalized spacial score (nSPS) is 13.1. The molecule has 0 saturated carbocycles. The number of benzene rings is 4. The number of anilines is 1. The zero-order chi connectivity index (χ0) is 35.1. The largest absolute Gasteiger partial charge is 0.506 e. The molecule has 0 bridgehead atoms. The summed E-state index contributed by atoms with van der Waals surface area (Å²) in [7, 11) is -3.59. The highest BCUT2D eigenvalue weighted by molar-refractivity contribution is 7.92. The van der Waals surface area contributed by atoms with Gasteiger partial charge in [-0.15, -0.1) is 0 Å². The topological polar surface area (TPSA) is 134 Å². The molecule has 262 valence electrons. The van der Waals surface area contributed by atoms with Gasteiger partial charge < -0.3 is 25.0 Å². The summed E-state index contributed by atoms with van der Waals surface area (Å²) in [6.45, 7) is 2.29. The molecule has 0 saturated heterocycles. The van der Waals surface area contributed by atoms with E-state index in [0.717, 1.165) is 37.5 Å². The fourth-order valence-corrected chi connectivity index (χ4v) is 6.78. The lowest BCUT2D eigenvalue weighted by Gasteiger charge is -2.29. The van der Waals surface area contributed by atoms with Gasteiger partial charge in [-0.1, -0.05) is 72.8 Å². The molecule has 0 aromatic heterocycles. The molecule has 0 fully saturated rings. The Labute approximate surface area is 292 Å². The Morgan fingerprint density at radius 1 is 0.816 bits per heavy atom.